The Labute approximate surface area is 144 Å². The Bertz CT molecular complexity index is 703. The molecular formula is C22H24O2. The van der Waals surface area contributed by atoms with E-state index in [0.29, 0.717) is 17.0 Å². The van der Waals surface area contributed by atoms with Crippen molar-refractivity contribution in [3.63, 3.8) is 0 Å². The predicted octanol–water partition coefficient (Wildman–Crippen LogP) is 4.10. The average Bonchev–Trinajstić information content (AvgIpc) is 2.68. The molecule has 2 nitrogen and oxygen atoms in total. The molecule has 1 unspecified atom stereocenters. The zero-order valence-corrected chi connectivity index (χ0v) is 13.9. The largest absolute Gasteiger partial charge is 0.392 e. The molecule has 0 amide bonds. The lowest BCUT2D eigenvalue weighted by Crippen LogP contribution is -2.25. The third kappa shape index (κ3) is 3.24. The molecule has 2 N–H and O–H groups in total. The van der Waals surface area contributed by atoms with E-state index >= 15 is 0 Å². The fraction of sp³-hybridized carbons (Fsp3) is 0.364. The molecule has 0 heterocycles. The van der Waals surface area contributed by atoms with Crippen LogP contribution >= 0.6 is 0 Å². The van der Waals surface area contributed by atoms with Crippen LogP contribution in [0, 0.1) is 12.3 Å². The Balaban J connectivity index is 1.88. The van der Waals surface area contributed by atoms with Gasteiger partial charge in [-0.25, -0.2) is 0 Å². The lowest BCUT2D eigenvalue weighted by atomic mass is 9.82. The van der Waals surface area contributed by atoms with Crippen LogP contribution in [0.25, 0.3) is 0 Å². The summed E-state index contributed by atoms with van der Waals surface area (Å²) in [5.41, 5.74) is 2.05. The molecular weight excluding hydrogens is 296 g/mol. The van der Waals surface area contributed by atoms with Crippen LogP contribution in [0.3, 0.4) is 0 Å². The summed E-state index contributed by atoms with van der Waals surface area (Å²) < 4.78 is 0. The maximum Gasteiger partial charge on any atom is 0.176 e. The molecule has 0 saturated heterocycles. The number of aliphatic hydroxyl groups excluding tert-OH is 1. The van der Waals surface area contributed by atoms with E-state index in [9.17, 15) is 5.11 Å². The van der Waals surface area contributed by atoms with Gasteiger partial charge in [0.15, 0.2) is 5.60 Å². The first-order chi connectivity index (χ1) is 11.7. The van der Waals surface area contributed by atoms with Gasteiger partial charge in [-0.1, -0.05) is 73.7 Å². The molecule has 0 radical (unpaired) electrons. The summed E-state index contributed by atoms with van der Waals surface area (Å²) >= 11 is 0. The number of hydrogen-bond donors (Lipinski definition) is 2. The highest BCUT2D eigenvalue weighted by Gasteiger charge is 2.29. The van der Waals surface area contributed by atoms with Gasteiger partial charge in [0.2, 0.25) is 0 Å². The lowest BCUT2D eigenvalue weighted by Gasteiger charge is -2.26. The van der Waals surface area contributed by atoms with Gasteiger partial charge in [0.05, 0.1) is 6.61 Å². The second-order valence-electron chi connectivity index (χ2n) is 6.67. The van der Waals surface area contributed by atoms with Crippen LogP contribution in [0.4, 0.5) is 0 Å². The number of hydrogen-bond acceptors (Lipinski definition) is 2. The van der Waals surface area contributed by atoms with Crippen molar-refractivity contribution in [2.45, 2.75) is 50.2 Å². The van der Waals surface area contributed by atoms with Gasteiger partial charge in [0, 0.05) is 11.1 Å². The molecule has 1 saturated carbocycles. The van der Waals surface area contributed by atoms with Crippen LogP contribution in [-0.4, -0.2) is 10.2 Å². The third-order valence-electron chi connectivity index (χ3n) is 5.17. The van der Waals surface area contributed by atoms with E-state index in [4.69, 9.17) is 11.5 Å². The van der Waals surface area contributed by atoms with Gasteiger partial charge < -0.3 is 10.2 Å². The zero-order valence-electron chi connectivity index (χ0n) is 13.9. The van der Waals surface area contributed by atoms with Gasteiger partial charge in [-0.3, -0.25) is 0 Å². The van der Waals surface area contributed by atoms with Crippen molar-refractivity contribution in [3.05, 3.63) is 70.8 Å². The molecule has 1 atom stereocenters. The number of benzene rings is 2. The van der Waals surface area contributed by atoms with Crippen LogP contribution in [0.5, 0.6) is 0 Å². The molecule has 2 aromatic rings. The highest BCUT2D eigenvalue weighted by Crippen LogP contribution is 2.35. The molecule has 0 bridgehead atoms. The van der Waals surface area contributed by atoms with Gasteiger partial charge in [-0.05, 0) is 29.9 Å². The quantitative estimate of drug-likeness (QED) is 0.833. The Hall–Kier alpha value is -2.08. The first kappa shape index (κ1) is 16.8. The SMILES string of the molecule is C#CC(O)(c1ccc(CO)cc1)c1ccc(C2CCCCC2)cc1. The van der Waals surface area contributed by atoms with Gasteiger partial charge in [-0.15, -0.1) is 6.42 Å². The van der Waals surface area contributed by atoms with Gasteiger partial charge in [0.1, 0.15) is 0 Å². The van der Waals surface area contributed by atoms with E-state index < -0.39 is 5.60 Å². The van der Waals surface area contributed by atoms with E-state index in [-0.39, 0.29) is 6.61 Å². The van der Waals surface area contributed by atoms with Gasteiger partial charge in [0.25, 0.3) is 0 Å². The molecule has 3 rings (SSSR count). The van der Waals surface area contributed by atoms with Crippen LogP contribution in [0.15, 0.2) is 48.5 Å². The molecule has 1 aliphatic rings. The van der Waals surface area contributed by atoms with Gasteiger partial charge in [-0.2, -0.15) is 0 Å². The molecule has 24 heavy (non-hydrogen) atoms. The number of terminal acetylenes is 1. The van der Waals surface area contributed by atoms with Crippen LogP contribution < -0.4 is 0 Å². The molecule has 0 aliphatic heterocycles. The highest BCUT2D eigenvalue weighted by molar-refractivity contribution is 5.45. The van der Waals surface area contributed by atoms with Crippen molar-refractivity contribution in [1.82, 2.24) is 0 Å². The maximum atomic E-state index is 11.0. The summed E-state index contributed by atoms with van der Waals surface area (Å²) in [6.45, 7) is -0.0230. The minimum atomic E-state index is -1.45. The average molecular weight is 320 g/mol. The van der Waals surface area contributed by atoms with E-state index in [2.05, 4.69) is 18.1 Å². The van der Waals surface area contributed by atoms with Crippen molar-refractivity contribution in [3.8, 4) is 12.3 Å². The van der Waals surface area contributed by atoms with Gasteiger partial charge >= 0.3 is 0 Å². The first-order valence-electron chi connectivity index (χ1n) is 8.68. The van der Waals surface area contributed by atoms with Crippen LogP contribution in [0.1, 0.15) is 60.3 Å². The standard InChI is InChI=1S/C22H24O2/c1-2-22(24,20-12-8-17(16-23)9-13-20)21-14-10-19(11-15-21)18-6-4-3-5-7-18/h1,8-15,18,23-24H,3-7,16H2. The summed E-state index contributed by atoms with van der Waals surface area (Å²) in [5, 5.41) is 20.2. The summed E-state index contributed by atoms with van der Waals surface area (Å²) in [4.78, 5) is 0. The normalized spacial score (nSPS) is 17.9. The molecule has 2 heteroatoms. The molecule has 2 aromatic carbocycles. The fourth-order valence-electron chi connectivity index (χ4n) is 3.62. The predicted molar refractivity (Wildman–Crippen MR) is 96.5 cm³/mol. The van der Waals surface area contributed by atoms with Crippen LogP contribution in [-0.2, 0) is 12.2 Å². The van der Waals surface area contributed by atoms with Crippen molar-refractivity contribution >= 4 is 0 Å². The number of rotatable bonds is 4. The molecule has 0 spiro atoms. The topological polar surface area (TPSA) is 40.5 Å². The molecule has 0 aromatic heterocycles. The van der Waals surface area contributed by atoms with E-state index in [1.165, 1.54) is 37.7 Å². The molecule has 1 aliphatic carbocycles. The number of aliphatic hydroxyl groups is 2. The van der Waals surface area contributed by atoms with E-state index in [0.717, 1.165) is 5.56 Å². The monoisotopic (exact) mass is 320 g/mol. The fourth-order valence-corrected chi connectivity index (χ4v) is 3.62. The smallest absolute Gasteiger partial charge is 0.176 e. The first-order valence-corrected chi connectivity index (χ1v) is 8.68. The minimum Gasteiger partial charge on any atom is -0.392 e. The Morgan fingerprint density at radius 3 is 1.96 bits per heavy atom. The van der Waals surface area contributed by atoms with Crippen molar-refractivity contribution in [2.24, 2.45) is 0 Å². The Morgan fingerprint density at radius 2 is 1.46 bits per heavy atom. The Kier molecular flexibility index (Phi) is 5.04. The minimum absolute atomic E-state index is 0.0230. The maximum absolute atomic E-state index is 11.0. The van der Waals surface area contributed by atoms with E-state index in [1.807, 2.05) is 12.1 Å². The third-order valence-corrected chi connectivity index (χ3v) is 5.17. The highest BCUT2D eigenvalue weighted by atomic mass is 16.3. The van der Waals surface area contributed by atoms with Crippen molar-refractivity contribution in [2.75, 3.05) is 0 Å². The second-order valence-corrected chi connectivity index (χ2v) is 6.67. The molecule has 1 fully saturated rings. The van der Waals surface area contributed by atoms with Crippen molar-refractivity contribution < 1.29 is 10.2 Å². The summed E-state index contributed by atoms with van der Waals surface area (Å²) in [5.74, 6) is 3.18. The molecule has 124 valence electrons. The second kappa shape index (κ2) is 7.21. The van der Waals surface area contributed by atoms with E-state index in [1.54, 1.807) is 24.3 Å². The van der Waals surface area contributed by atoms with Crippen molar-refractivity contribution in [1.29, 1.82) is 0 Å². The van der Waals surface area contributed by atoms with Crippen LogP contribution in [0.2, 0.25) is 0 Å². The summed E-state index contributed by atoms with van der Waals surface area (Å²) in [6.07, 6.45) is 12.1. The zero-order chi connectivity index (χ0) is 17.0. The Morgan fingerprint density at radius 1 is 0.917 bits per heavy atom. The summed E-state index contributed by atoms with van der Waals surface area (Å²) in [7, 11) is 0. The summed E-state index contributed by atoms with van der Waals surface area (Å²) in [6, 6.07) is 15.2. The lowest BCUT2D eigenvalue weighted by molar-refractivity contribution is 0.145.